The lowest BCUT2D eigenvalue weighted by atomic mass is 10.1. The van der Waals surface area contributed by atoms with Crippen molar-refractivity contribution >= 4 is 39.1 Å². The van der Waals surface area contributed by atoms with Gasteiger partial charge in [0.05, 0.1) is 7.11 Å². The monoisotopic (exact) mass is 491 g/mol. The van der Waals surface area contributed by atoms with Gasteiger partial charge in [0.2, 0.25) is 0 Å². The Labute approximate surface area is 192 Å². The number of rotatable bonds is 6. The number of aromatic nitrogens is 1. The van der Waals surface area contributed by atoms with E-state index in [1.165, 1.54) is 0 Å². The van der Waals surface area contributed by atoms with Crippen LogP contribution >= 0.6 is 15.9 Å². The summed E-state index contributed by atoms with van der Waals surface area (Å²) in [5.41, 5.74) is 2.50. The Kier molecular flexibility index (Phi) is 6.32. The second-order valence-corrected chi connectivity index (χ2v) is 7.72. The molecule has 0 radical (unpaired) electrons. The summed E-state index contributed by atoms with van der Waals surface area (Å²) in [4.78, 5) is 25.0. The summed E-state index contributed by atoms with van der Waals surface area (Å²) in [5, 5.41) is 9.44. The first-order chi connectivity index (χ1) is 15.5. The summed E-state index contributed by atoms with van der Waals surface area (Å²) in [6.07, 6.45) is 0. The highest BCUT2D eigenvalue weighted by molar-refractivity contribution is 9.10. The highest BCUT2D eigenvalue weighted by atomic mass is 79.9. The number of carbonyl (C=O) groups excluding carboxylic acids is 2. The molecule has 0 fully saturated rings. The van der Waals surface area contributed by atoms with Crippen LogP contribution in [0.25, 0.3) is 11.3 Å². The average Bonchev–Trinajstić information content (AvgIpc) is 3.30. The molecule has 0 aliphatic heterocycles. The number of carbonyl (C=O) groups is 2. The van der Waals surface area contributed by atoms with Crippen molar-refractivity contribution in [2.24, 2.45) is 0 Å². The van der Waals surface area contributed by atoms with Crippen molar-refractivity contribution in [3.63, 3.8) is 0 Å². The molecular weight excluding hydrogens is 474 g/mol. The van der Waals surface area contributed by atoms with Crippen LogP contribution in [0.1, 0.15) is 20.8 Å². The van der Waals surface area contributed by atoms with Gasteiger partial charge in [-0.2, -0.15) is 0 Å². The largest absolute Gasteiger partial charge is 0.497 e. The molecule has 0 bridgehead atoms. The van der Waals surface area contributed by atoms with E-state index in [1.807, 2.05) is 12.1 Å². The van der Waals surface area contributed by atoms with Gasteiger partial charge in [-0.3, -0.25) is 9.59 Å². The molecule has 160 valence electrons. The summed E-state index contributed by atoms with van der Waals surface area (Å²) in [6, 6.07) is 22.7. The van der Waals surface area contributed by atoms with Crippen LogP contribution in [-0.2, 0) is 0 Å². The zero-order valence-electron chi connectivity index (χ0n) is 17.0. The maximum absolute atomic E-state index is 12.6. The summed E-state index contributed by atoms with van der Waals surface area (Å²) in [7, 11) is 1.59. The highest BCUT2D eigenvalue weighted by Crippen LogP contribution is 2.24. The lowest BCUT2D eigenvalue weighted by Gasteiger charge is -2.08. The first-order valence-corrected chi connectivity index (χ1v) is 10.4. The number of hydrogen-bond donors (Lipinski definition) is 2. The number of hydrogen-bond acceptors (Lipinski definition) is 5. The van der Waals surface area contributed by atoms with Crippen LogP contribution in [0.5, 0.6) is 5.75 Å². The van der Waals surface area contributed by atoms with Crippen LogP contribution in [0, 0.1) is 0 Å². The SMILES string of the molecule is COc1ccc(-c2cc(C(=O)Nc3cccc(NC(=O)c4ccc(Br)cc4)c3)no2)cc1. The van der Waals surface area contributed by atoms with Crippen molar-refractivity contribution < 1.29 is 18.8 Å². The van der Waals surface area contributed by atoms with E-state index in [0.717, 1.165) is 15.8 Å². The van der Waals surface area contributed by atoms with E-state index in [1.54, 1.807) is 73.8 Å². The number of nitrogens with zero attached hydrogens (tertiary/aromatic N) is 1. The summed E-state index contributed by atoms with van der Waals surface area (Å²) >= 11 is 3.34. The van der Waals surface area contributed by atoms with Crippen LogP contribution in [0.15, 0.2) is 87.9 Å². The topological polar surface area (TPSA) is 93.5 Å². The van der Waals surface area contributed by atoms with Crippen molar-refractivity contribution in [1.29, 1.82) is 0 Å². The Morgan fingerprint density at radius 2 is 1.53 bits per heavy atom. The third-order valence-electron chi connectivity index (χ3n) is 4.60. The van der Waals surface area contributed by atoms with Crippen molar-refractivity contribution in [2.75, 3.05) is 17.7 Å². The molecule has 0 saturated heterocycles. The molecule has 4 aromatic rings. The van der Waals surface area contributed by atoms with Crippen molar-refractivity contribution in [2.45, 2.75) is 0 Å². The Balaban J connectivity index is 1.43. The van der Waals surface area contributed by atoms with E-state index < -0.39 is 5.91 Å². The normalized spacial score (nSPS) is 10.4. The Morgan fingerprint density at radius 3 is 2.19 bits per heavy atom. The number of ether oxygens (including phenoxy) is 1. The van der Waals surface area contributed by atoms with E-state index in [4.69, 9.17) is 9.26 Å². The predicted molar refractivity (Wildman–Crippen MR) is 125 cm³/mol. The predicted octanol–water partition coefficient (Wildman–Crippen LogP) is 5.62. The van der Waals surface area contributed by atoms with Crippen LogP contribution in [0.4, 0.5) is 11.4 Å². The molecule has 2 amide bonds. The molecule has 1 heterocycles. The minimum Gasteiger partial charge on any atom is -0.497 e. The molecule has 8 heteroatoms. The number of anilines is 2. The van der Waals surface area contributed by atoms with Gasteiger partial charge < -0.3 is 19.9 Å². The fraction of sp³-hybridized carbons (Fsp3) is 0.0417. The Hall–Kier alpha value is -3.91. The second kappa shape index (κ2) is 9.49. The number of benzene rings is 3. The van der Waals surface area contributed by atoms with Crippen molar-refractivity contribution in [3.8, 4) is 17.1 Å². The van der Waals surface area contributed by atoms with Gasteiger partial charge in [0.25, 0.3) is 11.8 Å². The molecular formula is C24H18BrN3O4. The minimum absolute atomic E-state index is 0.139. The quantitative estimate of drug-likeness (QED) is 0.365. The van der Waals surface area contributed by atoms with Crippen LogP contribution in [-0.4, -0.2) is 24.1 Å². The molecule has 4 rings (SSSR count). The maximum Gasteiger partial charge on any atom is 0.277 e. The maximum atomic E-state index is 12.6. The standard InChI is InChI=1S/C24H18BrN3O4/c1-31-20-11-7-15(8-12-20)22-14-21(28-32-22)24(30)27-19-4-2-3-18(13-19)26-23(29)16-5-9-17(25)10-6-16/h2-14H,1H3,(H,26,29)(H,27,30). The zero-order valence-corrected chi connectivity index (χ0v) is 18.5. The lowest BCUT2D eigenvalue weighted by Crippen LogP contribution is -2.14. The third kappa shape index (κ3) is 5.04. The third-order valence-corrected chi connectivity index (χ3v) is 5.13. The molecule has 7 nitrogen and oxygen atoms in total. The van der Waals surface area contributed by atoms with E-state index in [9.17, 15) is 9.59 Å². The number of halogens is 1. The van der Waals surface area contributed by atoms with Crippen molar-refractivity contribution in [3.05, 3.63) is 94.6 Å². The van der Waals surface area contributed by atoms with Gasteiger partial charge in [0, 0.05) is 33.0 Å². The van der Waals surface area contributed by atoms with Gasteiger partial charge in [-0.05, 0) is 66.7 Å². The lowest BCUT2D eigenvalue weighted by molar-refractivity contribution is 0.101. The molecule has 0 spiro atoms. The highest BCUT2D eigenvalue weighted by Gasteiger charge is 2.15. The molecule has 2 N–H and O–H groups in total. The molecule has 32 heavy (non-hydrogen) atoms. The fourth-order valence-electron chi connectivity index (χ4n) is 2.95. The molecule has 1 aromatic heterocycles. The summed E-state index contributed by atoms with van der Waals surface area (Å²) in [5.74, 6) is 0.512. The first kappa shape index (κ1) is 21.3. The second-order valence-electron chi connectivity index (χ2n) is 6.80. The van der Waals surface area contributed by atoms with Crippen molar-refractivity contribution in [1.82, 2.24) is 5.16 Å². The number of amides is 2. The number of nitrogens with one attached hydrogen (secondary N) is 2. The van der Waals surface area contributed by atoms with Gasteiger partial charge in [0.1, 0.15) is 5.75 Å². The number of methoxy groups -OCH3 is 1. The molecule has 0 unspecified atom stereocenters. The van der Waals surface area contributed by atoms with Crippen LogP contribution in [0.3, 0.4) is 0 Å². The Bertz CT molecular complexity index is 1250. The summed E-state index contributed by atoms with van der Waals surface area (Å²) < 4.78 is 11.3. The Morgan fingerprint density at radius 1 is 0.875 bits per heavy atom. The van der Waals surface area contributed by atoms with E-state index in [0.29, 0.717) is 22.7 Å². The van der Waals surface area contributed by atoms with Gasteiger partial charge in [-0.25, -0.2) is 0 Å². The zero-order chi connectivity index (χ0) is 22.5. The molecule has 0 aliphatic rings. The van der Waals surface area contributed by atoms with Crippen LogP contribution < -0.4 is 15.4 Å². The molecule has 3 aromatic carbocycles. The minimum atomic E-state index is -0.426. The van der Waals surface area contributed by atoms with E-state index in [-0.39, 0.29) is 11.6 Å². The van der Waals surface area contributed by atoms with Crippen LogP contribution in [0.2, 0.25) is 0 Å². The van der Waals surface area contributed by atoms with Gasteiger partial charge in [-0.15, -0.1) is 0 Å². The van der Waals surface area contributed by atoms with Gasteiger partial charge in [0.15, 0.2) is 11.5 Å². The smallest absolute Gasteiger partial charge is 0.277 e. The van der Waals surface area contributed by atoms with Gasteiger partial charge >= 0.3 is 0 Å². The molecule has 0 aliphatic carbocycles. The summed E-state index contributed by atoms with van der Waals surface area (Å²) in [6.45, 7) is 0. The van der Waals surface area contributed by atoms with E-state index >= 15 is 0 Å². The first-order valence-electron chi connectivity index (χ1n) is 9.61. The fourth-order valence-corrected chi connectivity index (χ4v) is 3.21. The van der Waals surface area contributed by atoms with Gasteiger partial charge in [-0.1, -0.05) is 27.2 Å². The van der Waals surface area contributed by atoms with E-state index in [2.05, 4.69) is 31.7 Å². The molecule has 0 saturated carbocycles. The molecule has 0 atom stereocenters. The average molecular weight is 492 g/mol.